The van der Waals surface area contributed by atoms with Crippen molar-refractivity contribution >= 4 is 27.7 Å². The fourth-order valence-electron chi connectivity index (χ4n) is 2.22. The van der Waals surface area contributed by atoms with E-state index in [1.807, 2.05) is 6.07 Å². The molecular formula is C14H17BrN2O3. The molecule has 1 atom stereocenters. The van der Waals surface area contributed by atoms with Gasteiger partial charge in [-0.15, -0.1) is 0 Å². The van der Waals surface area contributed by atoms with Crippen molar-refractivity contribution in [3.05, 3.63) is 34.3 Å². The minimum absolute atomic E-state index is 0.113. The highest BCUT2D eigenvalue weighted by atomic mass is 79.9. The molecule has 20 heavy (non-hydrogen) atoms. The molecule has 3 N–H and O–H groups in total. The number of carbonyl (C=O) groups excluding carboxylic acids is 2. The number of primary amides is 1. The fourth-order valence-corrected chi connectivity index (χ4v) is 2.64. The SMILES string of the molecule is NC(=O)[C@@H](NC(=O)C1CCOCC1)c1cccc(Br)c1. The van der Waals surface area contributed by atoms with Crippen molar-refractivity contribution < 1.29 is 14.3 Å². The molecular weight excluding hydrogens is 324 g/mol. The standard InChI is InChI=1S/C14H17BrN2O3/c15-11-3-1-2-10(8-11)12(13(16)18)17-14(19)9-4-6-20-7-5-9/h1-3,8-9,12H,4-7H2,(H2,16,18)(H,17,19)/t12-/m0/s1. The lowest BCUT2D eigenvalue weighted by Gasteiger charge is -2.24. The summed E-state index contributed by atoms with van der Waals surface area (Å²) in [5.41, 5.74) is 6.08. The topological polar surface area (TPSA) is 81.4 Å². The number of rotatable bonds is 4. The Bertz CT molecular complexity index is 501. The van der Waals surface area contributed by atoms with Crippen molar-refractivity contribution in [1.82, 2.24) is 5.32 Å². The number of halogens is 1. The zero-order valence-electron chi connectivity index (χ0n) is 11.0. The van der Waals surface area contributed by atoms with Crippen LogP contribution in [0.15, 0.2) is 28.7 Å². The van der Waals surface area contributed by atoms with Gasteiger partial charge in [-0.3, -0.25) is 9.59 Å². The summed E-state index contributed by atoms with van der Waals surface area (Å²) in [6, 6.07) is 6.39. The van der Waals surface area contributed by atoms with Gasteiger partial charge in [-0.2, -0.15) is 0 Å². The molecule has 0 bridgehead atoms. The first kappa shape index (κ1) is 15.0. The first-order valence-corrected chi connectivity index (χ1v) is 7.30. The highest BCUT2D eigenvalue weighted by Crippen LogP contribution is 2.20. The number of nitrogens with one attached hydrogen (secondary N) is 1. The van der Waals surface area contributed by atoms with Crippen molar-refractivity contribution in [3.63, 3.8) is 0 Å². The maximum absolute atomic E-state index is 12.2. The van der Waals surface area contributed by atoms with E-state index >= 15 is 0 Å². The summed E-state index contributed by atoms with van der Waals surface area (Å²) in [4.78, 5) is 23.8. The fraction of sp³-hybridized carbons (Fsp3) is 0.429. The summed E-state index contributed by atoms with van der Waals surface area (Å²) in [7, 11) is 0. The molecule has 1 heterocycles. The molecule has 1 fully saturated rings. The Balaban J connectivity index is 2.09. The molecule has 0 aromatic heterocycles. The van der Waals surface area contributed by atoms with Gasteiger partial charge in [0.1, 0.15) is 6.04 Å². The summed E-state index contributed by atoms with van der Waals surface area (Å²) in [5.74, 6) is -0.821. The molecule has 0 spiro atoms. The van der Waals surface area contributed by atoms with Crippen LogP contribution in [0.5, 0.6) is 0 Å². The van der Waals surface area contributed by atoms with Gasteiger partial charge in [0.05, 0.1) is 0 Å². The molecule has 1 aromatic carbocycles. The van der Waals surface area contributed by atoms with Gasteiger partial charge in [-0.05, 0) is 30.5 Å². The number of hydrogen-bond acceptors (Lipinski definition) is 3. The van der Waals surface area contributed by atoms with Crippen molar-refractivity contribution in [2.24, 2.45) is 11.7 Å². The molecule has 1 saturated heterocycles. The van der Waals surface area contributed by atoms with Crippen molar-refractivity contribution in [1.29, 1.82) is 0 Å². The molecule has 0 radical (unpaired) electrons. The van der Waals surface area contributed by atoms with Crippen LogP contribution < -0.4 is 11.1 Å². The van der Waals surface area contributed by atoms with Crippen LogP contribution in [-0.4, -0.2) is 25.0 Å². The minimum atomic E-state index is -0.803. The van der Waals surface area contributed by atoms with Gasteiger partial charge < -0.3 is 15.8 Å². The van der Waals surface area contributed by atoms with Crippen LogP contribution >= 0.6 is 15.9 Å². The zero-order valence-corrected chi connectivity index (χ0v) is 12.6. The molecule has 108 valence electrons. The van der Waals surface area contributed by atoms with E-state index in [2.05, 4.69) is 21.2 Å². The average Bonchev–Trinajstić information content (AvgIpc) is 2.45. The van der Waals surface area contributed by atoms with Crippen molar-refractivity contribution in [3.8, 4) is 0 Å². The average molecular weight is 341 g/mol. The Morgan fingerprint density at radius 2 is 2.05 bits per heavy atom. The van der Waals surface area contributed by atoms with Crippen LogP contribution in [0.25, 0.3) is 0 Å². The molecule has 2 amide bonds. The Hall–Kier alpha value is -1.40. The van der Waals surface area contributed by atoms with E-state index in [1.54, 1.807) is 18.2 Å². The number of ether oxygens (including phenoxy) is 1. The molecule has 0 aliphatic carbocycles. The summed E-state index contributed by atoms with van der Waals surface area (Å²) in [5, 5.41) is 2.74. The van der Waals surface area contributed by atoms with Crippen LogP contribution in [-0.2, 0) is 14.3 Å². The second kappa shape index (κ2) is 6.85. The van der Waals surface area contributed by atoms with E-state index in [0.29, 0.717) is 31.6 Å². The van der Waals surface area contributed by atoms with E-state index in [1.165, 1.54) is 0 Å². The smallest absolute Gasteiger partial charge is 0.244 e. The molecule has 1 aliphatic rings. The summed E-state index contributed by atoms with van der Waals surface area (Å²) < 4.78 is 6.06. The molecule has 2 rings (SSSR count). The Morgan fingerprint density at radius 3 is 2.65 bits per heavy atom. The van der Waals surface area contributed by atoms with E-state index < -0.39 is 11.9 Å². The monoisotopic (exact) mass is 340 g/mol. The summed E-state index contributed by atoms with van der Waals surface area (Å²) in [6.45, 7) is 1.16. The van der Waals surface area contributed by atoms with Crippen molar-refractivity contribution in [2.75, 3.05) is 13.2 Å². The largest absolute Gasteiger partial charge is 0.381 e. The third-order valence-corrected chi connectivity index (χ3v) is 3.84. The first-order chi connectivity index (χ1) is 9.58. The number of benzene rings is 1. The van der Waals surface area contributed by atoms with Gasteiger partial charge in [0.15, 0.2) is 0 Å². The van der Waals surface area contributed by atoms with Gasteiger partial charge in [-0.1, -0.05) is 28.1 Å². The normalized spacial score (nSPS) is 17.4. The van der Waals surface area contributed by atoms with Crippen molar-refractivity contribution in [2.45, 2.75) is 18.9 Å². The maximum Gasteiger partial charge on any atom is 0.244 e. The Kier molecular flexibility index (Phi) is 5.14. The quantitative estimate of drug-likeness (QED) is 0.871. The second-order valence-electron chi connectivity index (χ2n) is 4.79. The number of nitrogens with two attached hydrogens (primary N) is 1. The molecule has 1 aliphatic heterocycles. The van der Waals surface area contributed by atoms with Crippen LogP contribution in [0.2, 0.25) is 0 Å². The minimum Gasteiger partial charge on any atom is -0.381 e. The number of hydrogen-bond donors (Lipinski definition) is 2. The van der Waals surface area contributed by atoms with E-state index in [4.69, 9.17) is 10.5 Å². The lowest BCUT2D eigenvalue weighted by atomic mass is 9.98. The molecule has 0 unspecified atom stereocenters. The predicted octanol–water partition coefficient (Wildman–Crippen LogP) is 1.52. The van der Waals surface area contributed by atoms with Gasteiger partial charge >= 0.3 is 0 Å². The zero-order chi connectivity index (χ0) is 14.5. The summed E-state index contributed by atoms with van der Waals surface area (Å²) in [6.07, 6.45) is 1.35. The highest BCUT2D eigenvalue weighted by molar-refractivity contribution is 9.10. The molecule has 0 saturated carbocycles. The Labute approximate surface area is 126 Å². The summed E-state index contributed by atoms with van der Waals surface area (Å²) >= 11 is 3.34. The molecule has 5 nitrogen and oxygen atoms in total. The van der Waals surface area contributed by atoms with E-state index in [0.717, 1.165) is 4.47 Å². The van der Waals surface area contributed by atoms with E-state index in [9.17, 15) is 9.59 Å². The van der Waals surface area contributed by atoms with Crippen LogP contribution in [0.4, 0.5) is 0 Å². The van der Waals surface area contributed by atoms with Crippen LogP contribution in [0.1, 0.15) is 24.4 Å². The second-order valence-corrected chi connectivity index (χ2v) is 5.70. The highest BCUT2D eigenvalue weighted by Gasteiger charge is 2.26. The lowest BCUT2D eigenvalue weighted by Crippen LogP contribution is -2.41. The first-order valence-electron chi connectivity index (χ1n) is 6.51. The molecule has 6 heteroatoms. The van der Waals surface area contributed by atoms with Crippen LogP contribution in [0, 0.1) is 5.92 Å². The van der Waals surface area contributed by atoms with Gasteiger partial charge in [0.2, 0.25) is 11.8 Å². The van der Waals surface area contributed by atoms with Gasteiger partial charge in [0.25, 0.3) is 0 Å². The Morgan fingerprint density at radius 1 is 1.35 bits per heavy atom. The van der Waals surface area contributed by atoms with Gasteiger partial charge in [-0.25, -0.2) is 0 Å². The van der Waals surface area contributed by atoms with Gasteiger partial charge in [0, 0.05) is 23.6 Å². The number of amides is 2. The third kappa shape index (κ3) is 3.80. The predicted molar refractivity (Wildman–Crippen MR) is 77.8 cm³/mol. The lowest BCUT2D eigenvalue weighted by molar-refractivity contribution is -0.132. The molecule has 1 aromatic rings. The number of carbonyl (C=O) groups is 2. The maximum atomic E-state index is 12.2. The third-order valence-electron chi connectivity index (χ3n) is 3.35. The van der Waals surface area contributed by atoms with Crippen LogP contribution in [0.3, 0.4) is 0 Å². The van der Waals surface area contributed by atoms with E-state index in [-0.39, 0.29) is 11.8 Å².